The van der Waals surface area contributed by atoms with E-state index in [0.29, 0.717) is 12.0 Å². The molecule has 0 aliphatic carbocycles. The molecule has 2 aromatic carbocycles. The summed E-state index contributed by atoms with van der Waals surface area (Å²) in [5.41, 5.74) is 9.52. The van der Waals surface area contributed by atoms with E-state index in [4.69, 9.17) is 0 Å². The van der Waals surface area contributed by atoms with Gasteiger partial charge in [0.05, 0.1) is 12.1 Å². The van der Waals surface area contributed by atoms with Crippen molar-refractivity contribution >= 4 is 17.0 Å². The van der Waals surface area contributed by atoms with Crippen molar-refractivity contribution in [2.75, 3.05) is 11.9 Å². The lowest BCUT2D eigenvalue weighted by Gasteiger charge is -2.23. The van der Waals surface area contributed by atoms with Gasteiger partial charge in [0, 0.05) is 23.0 Å². The summed E-state index contributed by atoms with van der Waals surface area (Å²) in [6.07, 6.45) is 0. The third-order valence-corrected chi connectivity index (χ3v) is 5.53. The summed E-state index contributed by atoms with van der Waals surface area (Å²) in [4.78, 5) is 1.38. The first-order valence-corrected chi connectivity index (χ1v) is 9.18. The minimum absolute atomic E-state index is 0.287. The van der Waals surface area contributed by atoms with E-state index in [0.717, 1.165) is 6.54 Å². The second kappa shape index (κ2) is 7.18. The fourth-order valence-corrected chi connectivity index (χ4v) is 4.21. The van der Waals surface area contributed by atoms with E-state index in [-0.39, 0.29) is 6.04 Å². The summed E-state index contributed by atoms with van der Waals surface area (Å²) >= 11 is 1.81. The topological polar surface area (TPSA) is 36.1 Å². The maximum atomic E-state index is 3.60. The molecule has 3 aromatic rings. The van der Waals surface area contributed by atoms with Crippen LogP contribution in [0, 0.1) is 5.92 Å². The zero-order chi connectivity index (χ0) is 16.2. The van der Waals surface area contributed by atoms with Crippen LogP contribution in [0.15, 0.2) is 78.2 Å². The molecule has 4 rings (SSSR count). The second-order valence-corrected chi connectivity index (χ2v) is 7.06. The van der Waals surface area contributed by atoms with Crippen LogP contribution in [0.1, 0.15) is 22.5 Å². The molecule has 0 spiro atoms. The molecule has 0 bridgehead atoms. The van der Waals surface area contributed by atoms with Crippen molar-refractivity contribution in [1.82, 2.24) is 10.9 Å². The summed E-state index contributed by atoms with van der Waals surface area (Å²) in [5, 5.41) is 5.75. The van der Waals surface area contributed by atoms with Crippen molar-refractivity contribution in [3.05, 3.63) is 88.6 Å². The molecule has 1 aromatic heterocycles. The van der Waals surface area contributed by atoms with Gasteiger partial charge in [-0.3, -0.25) is 0 Å². The number of hydrogen-bond donors (Lipinski definition) is 3. The first-order valence-electron chi connectivity index (χ1n) is 8.30. The van der Waals surface area contributed by atoms with Crippen LogP contribution in [0.2, 0.25) is 0 Å². The summed E-state index contributed by atoms with van der Waals surface area (Å²) in [6.45, 7) is 0.909. The van der Waals surface area contributed by atoms with Gasteiger partial charge in [0.25, 0.3) is 0 Å². The van der Waals surface area contributed by atoms with E-state index >= 15 is 0 Å². The van der Waals surface area contributed by atoms with Crippen LogP contribution in [0.25, 0.3) is 0 Å². The Morgan fingerprint density at radius 1 is 0.792 bits per heavy atom. The number of hydrazine groups is 1. The molecule has 24 heavy (non-hydrogen) atoms. The van der Waals surface area contributed by atoms with Gasteiger partial charge in [-0.1, -0.05) is 54.6 Å². The van der Waals surface area contributed by atoms with Crippen LogP contribution >= 0.6 is 11.3 Å². The Hall–Kier alpha value is -2.14. The van der Waals surface area contributed by atoms with E-state index in [1.54, 1.807) is 0 Å². The predicted octanol–water partition coefficient (Wildman–Crippen LogP) is 4.37. The number of nitrogens with one attached hydrogen (secondary N) is 3. The number of hydrogen-bond acceptors (Lipinski definition) is 4. The Morgan fingerprint density at radius 3 is 2.21 bits per heavy atom. The van der Waals surface area contributed by atoms with Crippen molar-refractivity contribution in [3.63, 3.8) is 0 Å². The van der Waals surface area contributed by atoms with E-state index in [9.17, 15) is 0 Å². The molecule has 0 radical (unpaired) electrons. The van der Waals surface area contributed by atoms with Gasteiger partial charge in [0.1, 0.15) is 0 Å². The van der Waals surface area contributed by atoms with Gasteiger partial charge < -0.3 is 5.32 Å². The standard InChI is InChI=1S/C20H21N3S/c1-3-8-15(9-4-1)19-17(14-21-16-10-5-2-6-11-16)20(23-22-19)18-12-7-13-24-18/h1-13,17,19-23H,14H2. The van der Waals surface area contributed by atoms with E-state index in [1.165, 1.54) is 16.1 Å². The molecule has 4 heteroatoms. The normalized spacial score (nSPS) is 23.2. The molecule has 1 aliphatic rings. The Kier molecular flexibility index (Phi) is 4.60. The van der Waals surface area contributed by atoms with Gasteiger partial charge in [-0.2, -0.15) is 0 Å². The highest BCUT2D eigenvalue weighted by atomic mass is 32.1. The predicted molar refractivity (Wildman–Crippen MR) is 101 cm³/mol. The van der Waals surface area contributed by atoms with Gasteiger partial charge in [-0.25, -0.2) is 10.9 Å². The molecule has 0 saturated carbocycles. The van der Waals surface area contributed by atoms with Crippen LogP contribution in [-0.4, -0.2) is 6.54 Å². The van der Waals surface area contributed by atoms with Crippen molar-refractivity contribution in [2.24, 2.45) is 5.92 Å². The first kappa shape index (κ1) is 15.4. The number of thiophene rings is 1. The number of benzene rings is 2. The molecule has 1 fully saturated rings. The summed E-state index contributed by atoms with van der Waals surface area (Å²) < 4.78 is 0. The van der Waals surface area contributed by atoms with Crippen LogP contribution < -0.4 is 16.2 Å². The molecule has 3 atom stereocenters. The molecule has 3 nitrogen and oxygen atoms in total. The Labute approximate surface area is 146 Å². The van der Waals surface area contributed by atoms with Crippen molar-refractivity contribution in [2.45, 2.75) is 12.1 Å². The van der Waals surface area contributed by atoms with Crippen molar-refractivity contribution < 1.29 is 0 Å². The van der Waals surface area contributed by atoms with Gasteiger partial charge in [0.2, 0.25) is 0 Å². The van der Waals surface area contributed by atoms with Crippen LogP contribution in [0.4, 0.5) is 5.69 Å². The molecule has 3 unspecified atom stereocenters. The number of para-hydroxylation sites is 1. The maximum absolute atomic E-state index is 3.60. The fraction of sp³-hybridized carbons (Fsp3) is 0.200. The number of rotatable bonds is 5. The largest absolute Gasteiger partial charge is 0.385 e. The lowest BCUT2D eigenvalue weighted by Crippen LogP contribution is -2.26. The van der Waals surface area contributed by atoms with Crippen molar-refractivity contribution in [3.8, 4) is 0 Å². The minimum atomic E-state index is 0.287. The second-order valence-electron chi connectivity index (χ2n) is 6.08. The average Bonchev–Trinajstić information content (AvgIpc) is 3.31. The van der Waals surface area contributed by atoms with Crippen LogP contribution in [0.5, 0.6) is 0 Å². The van der Waals surface area contributed by atoms with E-state index in [2.05, 4.69) is 88.3 Å². The number of anilines is 1. The zero-order valence-electron chi connectivity index (χ0n) is 13.4. The van der Waals surface area contributed by atoms with Crippen molar-refractivity contribution in [1.29, 1.82) is 0 Å². The Morgan fingerprint density at radius 2 is 1.50 bits per heavy atom. The molecule has 2 heterocycles. The third kappa shape index (κ3) is 3.22. The third-order valence-electron chi connectivity index (χ3n) is 4.57. The molecule has 1 saturated heterocycles. The van der Waals surface area contributed by atoms with E-state index in [1.807, 2.05) is 17.4 Å². The van der Waals surface area contributed by atoms with Gasteiger partial charge >= 0.3 is 0 Å². The zero-order valence-corrected chi connectivity index (χ0v) is 14.2. The highest BCUT2D eigenvalue weighted by Gasteiger charge is 2.37. The lowest BCUT2D eigenvalue weighted by atomic mass is 9.88. The first-order chi connectivity index (χ1) is 11.9. The van der Waals surface area contributed by atoms with E-state index < -0.39 is 0 Å². The monoisotopic (exact) mass is 335 g/mol. The highest BCUT2D eigenvalue weighted by Crippen LogP contribution is 2.38. The Balaban J connectivity index is 1.57. The molecule has 3 N–H and O–H groups in total. The molecular formula is C20H21N3S. The summed E-state index contributed by atoms with van der Waals surface area (Å²) in [7, 11) is 0. The van der Waals surface area contributed by atoms with Gasteiger partial charge in [-0.05, 0) is 29.1 Å². The lowest BCUT2D eigenvalue weighted by molar-refractivity contribution is 0.450. The molecule has 0 amide bonds. The van der Waals surface area contributed by atoms with Gasteiger partial charge in [0.15, 0.2) is 0 Å². The average molecular weight is 335 g/mol. The maximum Gasteiger partial charge on any atom is 0.0619 e. The summed E-state index contributed by atoms with van der Waals surface area (Å²) in [5.74, 6) is 0.422. The molecular weight excluding hydrogens is 314 g/mol. The molecule has 1 aliphatic heterocycles. The quantitative estimate of drug-likeness (QED) is 0.648. The minimum Gasteiger partial charge on any atom is -0.385 e. The van der Waals surface area contributed by atoms with Crippen LogP contribution in [0.3, 0.4) is 0 Å². The molecule has 122 valence electrons. The smallest absolute Gasteiger partial charge is 0.0619 e. The van der Waals surface area contributed by atoms with Gasteiger partial charge in [-0.15, -0.1) is 11.3 Å². The SMILES string of the molecule is c1ccc(NCC2C(c3ccccc3)NNC2c2cccs2)cc1. The Bertz CT molecular complexity index is 743. The highest BCUT2D eigenvalue weighted by molar-refractivity contribution is 7.10. The fourth-order valence-electron chi connectivity index (χ4n) is 3.35. The summed E-state index contributed by atoms with van der Waals surface area (Å²) in [6, 6.07) is 26.0. The van der Waals surface area contributed by atoms with Crippen LogP contribution in [-0.2, 0) is 0 Å².